The van der Waals surface area contributed by atoms with E-state index in [1.54, 1.807) is 4.31 Å². The van der Waals surface area contributed by atoms with Gasteiger partial charge in [0.25, 0.3) is 0 Å². The van der Waals surface area contributed by atoms with E-state index < -0.39 is 10.0 Å². The molecule has 1 unspecified atom stereocenters. The number of halogens is 1. The maximum Gasteiger partial charge on any atom is 0.214 e. The zero-order valence-corrected chi connectivity index (χ0v) is 11.6. The molecule has 0 spiro atoms. The van der Waals surface area contributed by atoms with Crippen molar-refractivity contribution in [1.29, 1.82) is 0 Å². The third-order valence-corrected chi connectivity index (χ3v) is 5.43. The average Bonchev–Trinajstić information content (AvgIpc) is 2.29. The lowest BCUT2D eigenvalue weighted by molar-refractivity contribution is 0.261. The van der Waals surface area contributed by atoms with Crippen LogP contribution in [0.3, 0.4) is 0 Å². The number of piperidine rings is 1. The Balaban J connectivity index is 2.47. The van der Waals surface area contributed by atoms with E-state index in [9.17, 15) is 8.42 Å². The highest BCUT2D eigenvalue weighted by Gasteiger charge is 2.27. The van der Waals surface area contributed by atoms with E-state index in [1.807, 2.05) is 0 Å². The Morgan fingerprint density at radius 3 is 2.75 bits per heavy atom. The molecule has 0 N–H and O–H groups in total. The molecule has 0 bridgehead atoms. The third-order valence-electron chi connectivity index (χ3n) is 3.24. The molecule has 1 aliphatic heterocycles. The number of nitrogens with zero attached hydrogens (tertiary/aromatic N) is 1. The Morgan fingerprint density at radius 1 is 1.38 bits per heavy atom. The summed E-state index contributed by atoms with van der Waals surface area (Å²) in [5.41, 5.74) is 0. The maximum absolute atomic E-state index is 12.0. The first-order valence-electron chi connectivity index (χ1n) is 6.14. The van der Waals surface area contributed by atoms with Crippen LogP contribution < -0.4 is 0 Å². The second-order valence-corrected chi connectivity index (χ2v) is 6.95. The van der Waals surface area contributed by atoms with E-state index in [-0.39, 0.29) is 5.75 Å². The Morgan fingerprint density at radius 2 is 2.12 bits per heavy atom. The van der Waals surface area contributed by atoms with Crippen LogP contribution in [0.25, 0.3) is 0 Å². The largest absolute Gasteiger partial charge is 0.214 e. The van der Waals surface area contributed by atoms with Crippen molar-refractivity contribution in [2.75, 3.05) is 24.7 Å². The van der Waals surface area contributed by atoms with Crippen LogP contribution >= 0.6 is 11.6 Å². The molecular formula is C11H22ClNO2S. The highest BCUT2D eigenvalue weighted by molar-refractivity contribution is 7.89. The minimum absolute atomic E-state index is 0.260. The zero-order valence-electron chi connectivity index (χ0n) is 9.99. The molecule has 1 atom stereocenters. The average molecular weight is 268 g/mol. The molecule has 16 heavy (non-hydrogen) atoms. The maximum atomic E-state index is 12.0. The van der Waals surface area contributed by atoms with Gasteiger partial charge in [0.2, 0.25) is 10.0 Å². The molecule has 0 aromatic heterocycles. The predicted octanol–water partition coefficient (Wildman–Crippen LogP) is 2.46. The first-order valence-corrected chi connectivity index (χ1v) is 8.28. The van der Waals surface area contributed by atoms with E-state index in [2.05, 4.69) is 6.92 Å². The summed E-state index contributed by atoms with van der Waals surface area (Å²) in [6.45, 7) is 3.56. The molecular weight excluding hydrogens is 246 g/mol. The summed E-state index contributed by atoms with van der Waals surface area (Å²) >= 11 is 5.55. The van der Waals surface area contributed by atoms with Crippen LogP contribution in [0, 0.1) is 5.92 Å². The molecule has 0 aromatic carbocycles. The molecule has 0 saturated carbocycles. The second kappa shape index (κ2) is 6.82. The monoisotopic (exact) mass is 267 g/mol. The summed E-state index contributed by atoms with van der Waals surface area (Å²) in [5, 5.41) is 0. The minimum Gasteiger partial charge on any atom is -0.212 e. The van der Waals surface area contributed by atoms with Crippen LogP contribution in [-0.2, 0) is 10.0 Å². The van der Waals surface area contributed by atoms with Crippen LogP contribution in [0.5, 0.6) is 0 Å². The van der Waals surface area contributed by atoms with Crippen molar-refractivity contribution >= 4 is 21.6 Å². The van der Waals surface area contributed by atoms with Gasteiger partial charge in [0.05, 0.1) is 5.75 Å². The first kappa shape index (κ1) is 14.3. The van der Waals surface area contributed by atoms with Crippen molar-refractivity contribution in [3.05, 3.63) is 0 Å². The summed E-state index contributed by atoms with van der Waals surface area (Å²) < 4.78 is 25.7. The summed E-state index contributed by atoms with van der Waals surface area (Å²) in [5.74, 6) is 1.36. The van der Waals surface area contributed by atoms with Crippen LogP contribution in [-0.4, -0.2) is 37.4 Å². The van der Waals surface area contributed by atoms with Gasteiger partial charge in [-0.15, -0.1) is 11.6 Å². The number of alkyl halides is 1. The molecule has 96 valence electrons. The Hall–Kier alpha value is 0.200. The molecule has 0 radical (unpaired) electrons. The van der Waals surface area contributed by atoms with Crippen molar-refractivity contribution < 1.29 is 8.42 Å². The van der Waals surface area contributed by atoms with Gasteiger partial charge in [-0.05, 0) is 31.6 Å². The summed E-state index contributed by atoms with van der Waals surface area (Å²) in [6, 6.07) is 0. The third kappa shape index (κ3) is 4.22. The van der Waals surface area contributed by atoms with Crippen molar-refractivity contribution in [3.8, 4) is 0 Å². The fraction of sp³-hybridized carbons (Fsp3) is 1.00. The van der Waals surface area contributed by atoms with E-state index in [1.165, 1.54) is 6.42 Å². The number of hydrogen-bond donors (Lipinski definition) is 0. The van der Waals surface area contributed by atoms with Gasteiger partial charge in [-0.25, -0.2) is 12.7 Å². The number of hydrogen-bond acceptors (Lipinski definition) is 2. The highest BCUT2D eigenvalue weighted by Crippen LogP contribution is 2.22. The molecule has 0 amide bonds. The lowest BCUT2D eigenvalue weighted by Crippen LogP contribution is -2.40. The lowest BCUT2D eigenvalue weighted by Gasteiger charge is -2.31. The second-order valence-electron chi connectivity index (χ2n) is 4.49. The topological polar surface area (TPSA) is 37.4 Å². The molecule has 5 heteroatoms. The molecule has 1 saturated heterocycles. The van der Waals surface area contributed by atoms with Gasteiger partial charge in [0.15, 0.2) is 0 Å². The van der Waals surface area contributed by atoms with E-state index in [4.69, 9.17) is 11.6 Å². The number of unbranched alkanes of at least 4 members (excludes halogenated alkanes) is 1. The molecule has 3 nitrogen and oxygen atoms in total. The van der Waals surface area contributed by atoms with Crippen LogP contribution in [0.15, 0.2) is 0 Å². The first-order chi connectivity index (χ1) is 7.60. The Labute approximate surface area is 104 Å². The standard InChI is InChI=1S/C11H22ClNO2S/c1-2-11-6-5-8-13(10-11)16(14,15)9-4-3-7-12/h11H,2-10H2,1H3. The van der Waals surface area contributed by atoms with Crippen molar-refractivity contribution in [2.24, 2.45) is 5.92 Å². The van der Waals surface area contributed by atoms with Gasteiger partial charge < -0.3 is 0 Å². The predicted molar refractivity (Wildman–Crippen MR) is 68.3 cm³/mol. The fourth-order valence-corrected chi connectivity index (χ4v) is 3.98. The van der Waals surface area contributed by atoms with E-state index in [0.717, 1.165) is 25.8 Å². The van der Waals surface area contributed by atoms with Gasteiger partial charge in [-0.2, -0.15) is 0 Å². The van der Waals surface area contributed by atoms with Gasteiger partial charge in [0, 0.05) is 19.0 Å². The lowest BCUT2D eigenvalue weighted by atomic mass is 9.97. The smallest absolute Gasteiger partial charge is 0.212 e. The van der Waals surface area contributed by atoms with Gasteiger partial charge in [-0.1, -0.05) is 13.3 Å². The quantitative estimate of drug-likeness (QED) is 0.548. The SMILES string of the molecule is CCC1CCCN(S(=O)(=O)CCCCCl)C1. The van der Waals surface area contributed by atoms with Crippen LogP contribution in [0.2, 0.25) is 0 Å². The van der Waals surface area contributed by atoms with Crippen molar-refractivity contribution in [1.82, 2.24) is 4.31 Å². The number of sulfonamides is 1. The molecule has 1 heterocycles. The summed E-state index contributed by atoms with van der Waals surface area (Å²) in [7, 11) is -3.02. The number of rotatable bonds is 6. The van der Waals surface area contributed by atoms with Crippen molar-refractivity contribution in [3.63, 3.8) is 0 Å². The van der Waals surface area contributed by atoms with Crippen LogP contribution in [0.1, 0.15) is 39.0 Å². The van der Waals surface area contributed by atoms with E-state index in [0.29, 0.717) is 24.8 Å². The molecule has 1 fully saturated rings. The highest BCUT2D eigenvalue weighted by atomic mass is 35.5. The van der Waals surface area contributed by atoms with Crippen molar-refractivity contribution in [2.45, 2.75) is 39.0 Å². The van der Waals surface area contributed by atoms with Gasteiger partial charge in [-0.3, -0.25) is 0 Å². The fourth-order valence-electron chi connectivity index (χ4n) is 2.12. The normalized spacial score (nSPS) is 23.5. The van der Waals surface area contributed by atoms with Gasteiger partial charge in [0.1, 0.15) is 0 Å². The Bertz CT molecular complexity index is 292. The minimum atomic E-state index is -3.02. The molecule has 1 rings (SSSR count). The van der Waals surface area contributed by atoms with E-state index >= 15 is 0 Å². The summed E-state index contributed by atoms with van der Waals surface area (Å²) in [4.78, 5) is 0. The molecule has 0 aliphatic carbocycles. The molecule has 1 aliphatic rings. The Kier molecular flexibility index (Phi) is 6.08. The summed E-state index contributed by atoms with van der Waals surface area (Å²) in [6.07, 6.45) is 4.72. The van der Waals surface area contributed by atoms with Crippen LogP contribution in [0.4, 0.5) is 0 Å². The van der Waals surface area contributed by atoms with Gasteiger partial charge >= 0.3 is 0 Å². The zero-order chi connectivity index (χ0) is 12.0. The molecule has 0 aromatic rings.